The molecule has 0 saturated carbocycles. The van der Waals surface area contributed by atoms with E-state index in [1.807, 2.05) is 0 Å². The van der Waals surface area contributed by atoms with Gasteiger partial charge in [-0.3, -0.25) is 9.80 Å². The Labute approximate surface area is 189 Å². The van der Waals surface area contributed by atoms with Gasteiger partial charge >= 0.3 is 0 Å². The first kappa shape index (κ1) is 22.2. The van der Waals surface area contributed by atoms with Gasteiger partial charge < -0.3 is 9.80 Å². The van der Waals surface area contributed by atoms with Crippen molar-refractivity contribution in [2.24, 2.45) is 0 Å². The van der Waals surface area contributed by atoms with Crippen LogP contribution in [0.2, 0.25) is 0 Å². The van der Waals surface area contributed by atoms with Crippen LogP contribution in [0.5, 0.6) is 0 Å². The van der Waals surface area contributed by atoms with Crippen molar-refractivity contribution in [3.63, 3.8) is 0 Å². The molecule has 2 saturated heterocycles. The molecule has 0 atom stereocenters. The van der Waals surface area contributed by atoms with E-state index in [1.54, 1.807) is 0 Å². The fourth-order valence-corrected chi connectivity index (χ4v) is 4.95. The van der Waals surface area contributed by atoms with E-state index in [0.29, 0.717) is 0 Å². The molecule has 0 spiro atoms. The smallest absolute Gasteiger partial charge is 0.0369 e. The number of aryl methyl sites for hydroxylation is 1. The number of para-hydroxylation sites is 1. The lowest BCUT2D eigenvalue weighted by atomic mass is 10.1. The largest absolute Gasteiger partial charge is 0.369 e. The van der Waals surface area contributed by atoms with Crippen LogP contribution in [0, 0.1) is 6.92 Å². The van der Waals surface area contributed by atoms with Gasteiger partial charge in [0, 0.05) is 63.7 Å². The fourth-order valence-electron chi connectivity index (χ4n) is 4.95. The zero-order valence-corrected chi connectivity index (χ0v) is 19.4. The minimum atomic E-state index is 1.17. The van der Waals surface area contributed by atoms with Crippen molar-refractivity contribution in [2.75, 3.05) is 75.2 Å². The van der Waals surface area contributed by atoms with Crippen molar-refractivity contribution in [2.45, 2.75) is 32.6 Å². The molecule has 2 aliphatic rings. The molecule has 0 bridgehead atoms. The van der Waals surface area contributed by atoms with Crippen LogP contribution < -0.4 is 9.80 Å². The number of hydrogen-bond donors (Lipinski definition) is 0. The normalized spacial score (nSPS) is 18.5. The van der Waals surface area contributed by atoms with Gasteiger partial charge in [-0.1, -0.05) is 43.2 Å². The van der Waals surface area contributed by atoms with Gasteiger partial charge in [-0.15, -0.1) is 0 Å². The third kappa shape index (κ3) is 6.72. The van der Waals surface area contributed by atoms with Crippen LogP contribution in [0.25, 0.3) is 0 Å². The Morgan fingerprint density at radius 3 is 1.61 bits per heavy atom. The summed E-state index contributed by atoms with van der Waals surface area (Å²) in [5, 5.41) is 0. The fraction of sp³-hybridized carbons (Fsp3) is 0.556. The van der Waals surface area contributed by atoms with Gasteiger partial charge in [-0.25, -0.2) is 0 Å². The second-order valence-electron chi connectivity index (χ2n) is 9.25. The summed E-state index contributed by atoms with van der Waals surface area (Å²) in [6, 6.07) is 19.8. The van der Waals surface area contributed by atoms with Crippen LogP contribution in [0.4, 0.5) is 11.4 Å². The van der Waals surface area contributed by atoms with Crippen LogP contribution >= 0.6 is 0 Å². The van der Waals surface area contributed by atoms with Crippen molar-refractivity contribution in [1.82, 2.24) is 9.80 Å². The SMILES string of the molecule is Cc1cccc(N2CCN(CCCCCCN3CCN(c4ccccc4)CC3)CC2)c1. The molecule has 2 heterocycles. The van der Waals surface area contributed by atoms with Crippen molar-refractivity contribution in [1.29, 1.82) is 0 Å². The zero-order chi connectivity index (χ0) is 21.3. The Bertz CT molecular complexity index is 762. The minimum Gasteiger partial charge on any atom is -0.369 e. The Morgan fingerprint density at radius 1 is 0.548 bits per heavy atom. The Hall–Kier alpha value is -2.04. The second-order valence-corrected chi connectivity index (χ2v) is 9.25. The third-order valence-corrected chi connectivity index (χ3v) is 6.93. The van der Waals surface area contributed by atoms with Gasteiger partial charge in [0.1, 0.15) is 0 Å². The highest BCUT2D eigenvalue weighted by Gasteiger charge is 2.18. The van der Waals surface area contributed by atoms with E-state index >= 15 is 0 Å². The monoisotopic (exact) mass is 420 g/mol. The molecular formula is C27H40N4. The molecule has 0 radical (unpaired) electrons. The summed E-state index contributed by atoms with van der Waals surface area (Å²) in [4.78, 5) is 10.4. The molecular weight excluding hydrogens is 380 g/mol. The number of benzene rings is 2. The lowest BCUT2D eigenvalue weighted by Crippen LogP contribution is -2.46. The minimum absolute atomic E-state index is 1.17. The first-order chi connectivity index (χ1) is 15.3. The van der Waals surface area contributed by atoms with E-state index in [0.717, 1.165) is 0 Å². The number of hydrogen-bond acceptors (Lipinski definition) is 4. The highest BCUT2D eigenvalue weighted by molar-refractivity contribution is 5.49. The highest BCUT2D eigenvalue weighted by Crippen LogP contribution is 2.18. The lowest BCUT2D eigenvalue weighted by Gasteiger charge is -2.36. The highest BCUT2D eigenvalue weighted by atomic mass is 15.3. The zero-order valence-electron chi connectivity index (χ0n) is 19.4. The quantitative estimate of drug-likeness (QED) is 0.554. The number of rotatable bonds is 9. The van der Waals surface area contributed by atoms with Gasteiger partial charge in [-0.2, -0.15) is 0 Å². The van der Waals surface area contributed by atoms with Gasteiger partial charge in [0.15, 0.2) is 0 Å². The van der Waals surface area contributed by atoms with Crippen molar-refractivity contribution >= 4 is 11.4 Å². The molecule has 2 aliphatic heterocycles. The molecule has 0 amide bonds. The Morgan fingerprint density at radius 2 is 1.06 bits per heavy atom. The van der Waals surface area contributed by atoms with Crippen LogP contribution in [0.15, 0.2) is 54.6 Å². The number of unbranched alkanes of at least 4 members (excludes halogenated alkanes) is 3. The maximum atomic E-state index is 2.66. The summed E-state index contributed by atoms with van der Waals surface area (Å²) in [7, 11) is 0. The summed E-state index contributed by atoms with van der Waals surface area (Å²) in [5.74, 6) is 0. The molecule has 2 aromatic rings. The van der Waals surface area contributed by atoms with E-state index in [4.69, 9.17) is 0 Å². The van der Waals surface area contributed by atoms with Gasteiger partial charge in [0.25, 0.3) is 0 Å². The summed E-state index contributed by atoms with van der Waals surface area (Å²) < 4.78 is 0. The summed E-state index contributed by atoms with van der Waals surface area (Å²) in [6.45, 7) is 14.2. The molecule has 168 valence electrons. The van der Waals surface area contributed by atoms with E-state index in [9.17, 15) is 0 Å². The maximum absolute atomic E-state index is 2.66. The lowest BCUT2D eigenvalue weighted by molar-refractivity contribution is 0.242. The van der Waals surface area contributed by atoms with Crippen LogP contribution in [0.1, 0.15) is 31.2 Å². The van der Waals surface area contributed by atoms with E-state index < -0.39 is 0 Å². The molecule has 0 N–H and O–H groups in total. The average molecular weight is 421 g/mol. The Balaban J connectivity index is 1.03. The first-order valence-corrected chi connectivity index (χ1v) is 12.3. The Kier molecular flexibility index (Phi) is 8.25. The topological polar surface area (TPSA) is 13.0 Å². The summed E-state index contributed by atoms with van der Waals surface area (Å²) in [6.07, 6.45) is 5.46. The standard InChI is InChI=1S/C27H40N4/c1-25-10-9-13-27(24-25)31-22-18-29(19-23-31)15-8-3-2-7-14-28-16-20-30(21-17-28)26-11-5-4-6-12-26/h4-6,9-13,24H,2-3,7-8,14-23H2,1H3. The first-order valence-electron chi connectivity index (χ1n) is 12.3. The molecule has 0 aromatic heterocycles. The van der Waals surface area contributed by atoms with Crippen molar-refractivity contribution in [3.8, 4) is 0 Å². The maximum Gasteiger partial charge on any atom is 0.0369 e. The predicted octanol–water partition coefficient (Wildman–Crippen LogP) is 4.50. The number of nitrogens with zero attached hydrogens (tertiary/aromatic N) is 4. The summed E-state index contributed by atoms with van der Waals surface area (Å²) in [5.41, 5.74) is 4.13. The van der Waals surface area contributed by atoms with Crippen LogP contribution in [-0.2, 0) is 0 Å². The molecule has 4 nitrogen and oxygen atoms in total. The number of piperazine rings is 2. The molecule has 0 unspecified atom stereocenters. The average Bonchev–Trinajstić information content (AvgIpc) is 2.83. The molecule has 0 aliphatic carbocycles. The van der Waals surface area contributed by atoms with Crippen LogP contribution in [0.3, 0.4) is 0 Å². The van der Waals surface area contributed by atoms with Gasteiger partial charge in [0.05, 0.1) is 0 Å². The van der Waals surface area contributed by atoms with E-state index in [1.165, 1.54) is 108 Å². The van der Waals surface area contributed by atoms with Gasteiger partial charge in [-0.05, 0) is 62.7 Å². The number of anilines is 2. The summed E-state index contributed by atoms with van der Waals surface area (Å²) >= 11 is 0. The molecule has 4 heteroatoms. The third-order valence-electron chi connectivity index (χ3n) is 6.93. The second kappa shape index (κ2) is 11.5. The molecule has 2 fully saturated rings. The molecule has 2 aromatic carbocycles. The molecule has 31 heavy (non-hydrogen) atoms. The predicted molar refractivity (Wildman–Crippen MR) is 133 cm³/mol. The van der Waals surface area contributed by atoms with Crippen molar-refractivity contribution in [3.05, 3.63) is 60.2 Å². The van der Waals surface area contributed by atoms with Crippen molar-refractivity contribution < 1.29 is 0 Å². The van der Waals surface area contributed by atoms with E-state index in [-0.39, 0.29) is 0 Å². The van der Waals surface area contributed by atoms with E-state index in [2.05, 4.69) is 81.1 Å². The van der Waals surface area contributed by atoms with Gasteiger partial charge in [0.2, 0.25) is 0 Å². The van der Waals surface area contributed by atoms with Crippen LogP contribution in [-0.4, -0.2) is 75.2 Å². The molecule has 4 rings (SSSR count).